The van der Waals surface area contributed by atoms with Gasteiger partial charge in [-0.2, -0.15) is 0 Å². The van der Waals surface area contributed by atoms with E-state index in [0.717, 1.165) is 25.7 Å². The summed E-state index contributed by atoms with van der Waals surface area (Å²) in [4.78, 5) is 24.3. The lowest BCUT2D eigenvalue weighted by Crippen LogP contribution is -2.30. The molecule has 5 nitrogen and oxygen atoms in total. The van der Waals surface area contributed by atoms with Gasteiger partial charge in [0.1, 0.15) is 0 Å². The molecule has 0 heterocycles. The second kappa shape index (κ2) is 16.4. The van der Waals surface area contributed by atoms with Crippen LogP contribution in [-0.4, -0.2) is 35.9 Å². The first-order valence-electron chi connectivity index (χ1n) is 15.8. The van der Waals surface area contributed by atoms with Gasteiger partial charge in [-0.05, 0) is 99.5 Å². The maximum absolute atomic E-state index is 12.4. The molecule has 0 amide bonds. The molecular formula is C38H50O5. The van der Waals surface area contributed by atoms with E-state index in [2.05, 4.69) is 74.7 Å². The van der Waals surface area contributed by atoms with Crippen LogP contribution in [0.3, 0.4) is 0 Å². The van der Waals surface area contributed by atoms with Gasteiger partial charge < -0.3 is 14.6 Å². The first-order chi connectivity index (χ1) is 20.5. The molecule has 0 bridgehead atoms. The molecule has 0 saturated heterocycles. The molecule has 0 fully saturated rings. The zero-order valence-electron chi connectivity index (χ0n) is 26.6. The van der Waals surface area contributed by atoms with Gasteiger partial charge in [0.05, 0.1) is 24.4 Å². The summed E-state index contributed by atoms with van der Waals surface area (Å²) < 4.78 is 10.8. The molecule has 3 rings (SSSR count). The van der Waals surface area contributed by atoms with E-state index in [9.17, 15) is 14.7 Å². The average Bonchev–Trinajstić information content (AvgIpc) is 3.00. The van der Waals surface area contributed by atoms with E-state index in [1.807, 2.05) is 0 Å². The van der Waals surface area contributed by atoms with Crippen LogP contribution >= 0.6 is 0 Å². The van der Waals surface area contributed by atoms with Gasteiger partial charge in [0.25, 0.3) is 0 Å². The lowest BCUT2D eigenvalue weighted by molar-refractivity contribution is -0.145. The van der Waals surface area contributed by atoms with Crippen molar-refractivity contribution in [1.82, 2.24) is 0 Å². The number of carbonyl (C=O) groups is 2. The summed E-state index contributed by atoms with van der Waals surface area (Å²) in [7, 11) is 0. The third-order valence-electron chi connectivity index (χ3n) is 8.33. The van der Waals surface area contributed by atoms with Crippen LogP contribution in [0.25, 0.3) is 5.57 Å². The molecule has 232 valence electrons. The van der Waals surface area contributed by atoms with E-state index < -0.39 is 17.5 Å². The fraction of sp³-hybridized carbons (Fsp3) is 0.474. The summed E-state index contributed by atoms with van der Waals surface area (Å²) in [6, 6.07) is 18.0. The molecule has 0 aromatic heterocycles. The Morgan fingerprint density at radius 2 is 1.53 bits per heavy atom. The summed E-state index contributed by atoms with van der Waals surface area (Å²) in [5.41, 5.74) is 5.67. The van der Waals surface area contributed by atoms with E-state index in [-0.39, 0.29) is 24.7 Å². The number of esters is 2. The standard InChI is InChI=1S/C38H50O5/c1-7-8-9-10-29-13-17-32(18-14-29)34-21-23-35(24-22-34)33-19-15-30(16-20-33)11-12-31(25-42-36(39)27(2)3)26-43-37(40)28(4)38(5,6)41/h13-20,23,31,34,41H,2,4,7-12,21-22,24-26H2,1,3,5-6H3. The summed E-state index contributed by atoms with van der Waals surface area (Å²) in [6.45, 7) is 14.3. The largest absolute Gasteiger partial charge is 0.462 e. The van der Waals surface area contributed by atoms with Crippen LogP contribution in [0.1, 0.15) is 101 Å². The molecule has 0 saturated carbocycles. The first-order valence-corrected chi connectivity index (χ1v) is 15.8. The van der Waals surface area contributed by atoms with Gasteiger partial charge in [0.2, 0.25) is 0 Å². The van der Waals surface area contributed by atoms with Gasteiger partial charge in [-0.15, -0.1) is 0 Å². The second-order valence-electron chi connectivity index (χ2n) is 12.5. The maximum Gasteiger partial charge on any atom is 0.336 e. The van der Waals surface area contributed by atoms with Crippen LogP contribution in [0.2, 0.25) is 0 Å². The molecule has 5 heteroatoms. The van der Waals surface area contributed by atoms with Crippen LogP contribution < -0.4 is 0 Å². The summed E-state index contributed by atoms with van der Waals surface area (Å²) >= 11 is 0. The topological polar surface area (TPSA) is 72.8 Å². The molecule has 1 N–H and O–H groups in total. The predicted molar refractivity (Wildman–Crippen MR) is 175 cm³/mol. The lowest BCUT2D eigenvalue weighted by atomic mass is 9.82. The zero-order valence-corrected chi connectivity index (χ0v) is 26.6. The Hall–Kier alpha value is -3.44. The SMILES string of the molecule is C=C(C)C(=O)OCC(CCc1ccc(C2=CCC(c3ccc(CCCCC)cc3)CC2)cc1)COC(=O)C(=C)C(C)(C)O. The van der Waals surface area contributed by atoms with Gasteiger partial charge in [0.15, 0.2) is 0 Å². The number of unbranched alkanes of at least 4 members (excludes halogenated alkanes) is 2. The fourth-order valence-electron chi connectivity index (χ4n) is 5.25. The Morgan fingerprint density at radius 3 is 2.09 bits per heavy atom. The highest BCUT2D eigenvalue weighted by molar-refractivity contribution is 5.89. The molecule has 2 aromatic rings. The first kappa shape index (κ1) is 34.1. The Morgan fingerprint density at radius 1 is 0.930 bits per heavy atom. The normalized spacial score (nSPS) is 15.7. The minimum absolute atomic E-state index is 0.0141. The quantitative estimate of drug-likeness (QED) is 0.122. The minimum Gasteiger partial charge on any atom is -0.462 e. The number of ether oxygens (including phenoxy) is 2. The van der Waals surface area contributed by atoms with Crippen molar-refractivity contribution in [2.45, 2.75) is 97.0 Å². The number of carbonyl (C=O) groups excluding carboxylic acids is 2. The van der Waals surface area contributed by atoms with Crippen molar-refractivity contribution < 1.29 is 24.2 Å². The Labute approximate surface area is 258 Å². The summed E-state index contributed by atoms with van der Waals surface area (Å²) in [6.07, 6.45) is 12.1. The molecule has 1 aliphatic rings. The number of rotatable bonds is 16. The summed E-state index contributed by atoms with van der Waals surface area (Å²) in [5, 5.41) is 10.0. The molecule has 0 spiro atoms. The van der Waals surface area contributed by atoms with Gasteiger partial charge >= 0.3 is 11.9 Å². The number of hydrogen-bond donors (Lipinski definition) is 1. The number of aliphatic hydroxyl groups is 1. The van der Waals surface area contributed by atoms with Crippen molar-refractivity contribution in [3.63, 3.8) is 0 Å². The third-order valence-corrected chi connectivity index (χ3v) is 8.33. The zero-order chi connectivity index (χ0) is 31.4. The number of benzene rings is 2. The molecule has 0 radical (unpaired) electrons. The molecular weight excluding hydrogens is 536 g/mol. The van der Waals surface area contributed by atoms with Gasteiger partial charge in [-0.25, -0.2) is 9.59 Å². The van der Waals surface area contributed by atoms with Crippen molar-refractivity contribution in [3.8, 4) is 0 Å². The van der Waals surface area contributed by atoms with E-state index in [1.54, 1.807) is 6.92 Å². The van der Waals surface area contributed by atoms with Crippen molar-refractivity contribution in [2.24, 2.45) is 5.92 Å². The Kier molecular flexibility index (Phi) is 13.0. The minimum atomic E-state index is -1.37. The third kappa shape index (κ3) is 11.0. The highest BCUT2D eigenvalue weighted by Crippen LogP contribution is 2.36. The van der Waals surface area contributed by atoms with Crippen molar-refractivity contribution in [2.75, 3.05) is 13.2 Å². The van der Waals surface area contributed by atoms with Gasteiger partial charge in [0, 0.05) is 11.5 Å². The average molecular weight is 587 g/mol. The molecule has 2 aromatic carbocycles. The van der Waals surface area contributed by atoms with E-state index in [1.165, 1.54) is 67.4 Å². The Bertz CT molecular complexity index is 1260. The molecule has 1 aliphatic carbocycles. The number of hydrogen-bond acceptors (Lipinski definition) is 5. The highest BCUT2D eigenvalue weighted by Gasteiger charge is 2.26. The predicted octanol–water partition coefficient (Wildman–Crippen LogP) is 8.31. The van der Waals surface area contributed by atoms with Crippen molar-refractivity contribution in [1.29, 1.82) is 0 Å². The van der Waals surface area contributed by atoms with Crippen LogP contribution in [0.4, 0.5) is 0 Å². The lowest BCUT2D eigenvalue weighted by Gasteiger charge is -2.23. The fourth-order valence-corrected chi connectivity index (χ4v) is 5.25. The van der Waals surface area contributed by atoms with Crippen LogP contribution in [0.5, 0.6) is 0 Å². The van der Waals surface area contributed by atoms with Crippen molar-refractivity contribution >= 4 is 17.5 Å². The molecule has 43 heavy (non-hydrogen) atoms. The van der Waals surface area contributed by atoms with Crippen LogP contribution in [0, 0.1) is 5.92 Å². The number of allylic oxidation sites excluding steroid dienone is 2. The highest BCUT2D eigenvalue weighted by atomic mass is 16.5. The molecule has 0 aliphatic heterocycles. The van der Waals surface area contributed by atoms with E-state index in [4.69, 9.17) is 9.47 Å². The Balaban J connectivity index is 1.54. The smallest absolute Gasteiger partial charge is 0.336 e. The van der Waals surface area contributed by atoms with Crippen molar-refractivity contribution in [3.05, 3.63) is 101 Å². The molecule has 2 atom stereocenters. The monoisotopic (exact) mass is 586 g/mol. The van der Waals surface area contributed by atoms with E-state index in [0.29, 0.717) is 17.9 Å². The van der Waals surface area contributed by atoms with E-state index >= 15 is 0 Å². The second-order valence-corrected chi connectivity index (χ2v) is 12.5. The van der Waals surface area contributed by atoms with Crippen LogP contribution in [0.15, 0.2) is 78.9 Å². The van der Waals surface area contributed by atoms with Crippen LogP contribution in [-0.2, 0) is 31.9 Å². The maximum atomic E-state index is 12.4. The number of aryl methyl sites for hydroxylation is 2. The summed E-state index contributed by atoms with van der Waals surface area (Å²) in [5.74, 6) is -0.747. The van der Waals surface area contributed by atoms with Gasteiger partial charge in [-0.1, -0.05) is 87.5 Å². The van der Waals surface area contributed by atoms with Gasteiger partial charge in [-0.3, -0.25) is 0 Å². The molecule has 2 unspecified atom stereocenters.